The Kier molecular flexibility index (Phi) is 3.42. The standard InChI is InChI=1S/C10H19Br/c1-9(2)7-10(8-11)5-3-4-6-10/h9H,3-8H2,1-2H3. The van der Waals surface area contributed by atoms with Crippen molar-refractivity contribution in [3.8, 4) is 0 Å². The molecule has 0 amide bonds. The van der Waals surface area contributed by atoms with Crippen LogP contribution in [0.3, 0.4) is 0 Å². The van der Waals surface area contributed by atoms with Gasteiger partial charge in [-0.1, -0.05) is 42.6 Å². The normalized spacial score (nSPS) is 22.9. The molecule has 0 aliphatic heterocycles. The van der Waals surface area contributed by atoms with Crippen molar-refractivity contribution in [1.82, 2.24) is 0 Å². The highest BCUT2D eigenvalue weighted by atomic mass is 79.9. The topological polar surface area (TPSA) is 0 Å². The summed E-state index contributed by atoms with van der Waals surface area (Å²) in [5.74, 6) is 0.866. The summed E-state index contributed by atoms with van der Waals surface area (Å²) in [6.45, 7) is 4.67. The van der Waals surface area contributed by atoms with Crippen LogP contribution in [0.15, 0.2) is 0 Å². The highest BCUT2D eigenvalue weighted by Gasteiger charge is 2.32. The third kappa shape index (κ3) is 2.47. The van der Waals surface area contributed by atoms with Crippen LogP contribution < -0.4 is 0 Å². The van der Waals surface area contributed by atoms with Crippen LogP contribution in [0.5, 0.6) is 0 Å². The van der Waals surface area contributed by atoms with Gasteiger partial charge in [-0.25, -0.2) is 0 Å². The van der Waals surface area contributed by atoms with Gasteiger partial charge < -0.3 is 0 Å². The number of rotatable bonds is 3. The van der Waals surface area contributed by atoms with E-state index < -0.39 is 0 Å². The molecule has 0 nitrogen and oxygen atoms in total. The molecule has 1 aliphatic rings. The second kappa shape index (κ2) is 3.93. The van der Waals surface area contributed by atoms with Gasteiger partial charge in [-0.2, -0.15) is 0 Å². The molecule has 0 radical (unpaired) electrons. The summed E-state index contributed by atoms with van der Waals surface area (Å²) < 4.78 is 0. The zero-order valence-electron chi connectivity index (χ0n) is 7.70. The molecule has 0 heterocycles. The van der Waals surface area contributed by atoms with Crippen molar-refractivity contribution < 1.29 is 0 Å². The van der Waals surface area contributed by atoms with E-state index in [0.29, 0.717) is 5.41 Å². The van der Waals surface area contributed by atoms with Crippen LogP contribution in [0.4, 0.5) is 0 Å². The summed E-state index contributed by atoms with van der Waals surface area (Å²) >= 11 is 3.66. The molecule has 1 aliphatic carbocycles. The maximum atomic E-state index is 3.66. The predicted molar refractivity (Wildman–Crippen MR) is 54.2 cm³/mol. The lowest BCUT2D eigenvalue weighted by Crippen LogP contribution is -2.20. The maximum Gasteiger partial charge on any atom is 0.00880 e. The van der Waals surface area contributed by atoms with Crippen molar-refractivity contribution >= 4 is 15.9 Å². The third-order valence-electron chi connectivity index (χ3n) is 2.79. The summed E-state index contributed by atoms with van der Waals surface area (Å²) in [6.07, 6.45) is 7.24. The van der Waals surface area contributed by atoms with Gasteiger partial charge in [0.05, 0.1) is 0 Å². The van der Waals surface area contributed by atoms with Crippen molar-refractivity contribution in [2.45, 2.75) is 46.0 Å². The molecule has 0 unspecified atom stereocenters. The van der Waals surface area contributed by atoms with Crippen molar-refractivity contribution in [2.75, 3.05) is 5.33 Å². The Hall–Kier alpha value is 0.480. The van der Waals surface area contributed by atoms with Crippen molar-refractivity contribution in [1.29, 1.82) is 0 Å². The fourth-order valence-corrected chi connectivity index (χ4v) is 3.17. The number of hydrogen-bond donors (Lipinski definition) is 0. The fourth-order valence-electron chi connectivity index (χ4n) is 2.38. The first kappa shape index (κ1) is 9.57. The summed E-state index contributed by atoms with van der Waals surface area (Å²) in [5, 5.41) is 1.22. The van der Waals surface area contributed by atoms with E-state index in [2.05, 4.69) is 29.8 Å². The first-order valence-corrected chi connectivity index (χ1v) is 5.87. The van der Waals surface area contributed by atoms with E-state index in [9.17, 15) is 0 Å². The minimum atomic E-state index is 0.675. The van der Waals surface area contributed by atoms with Crippen LogP contribution in [0.2, 0.25) is 0 Å². The highest BCUT2D eigenvalue weighted by molar-refractivity contribution is 9.09. The molecule has 0 aromatic heterocycles. The molecule has 1 saturated carbocycles. The summed E-state index contributed by atoms with van der Waals surface area (Å²) in [7, 11) is 0. The molecular weight excluding hydrogens is 200 g/mol. The first-order valence-electron chi connectivity index (χ1n) is 4.74. The van der Waals surface area contributed by atoms with Crippen LogP contribution in [0.25, 0.3) is 0 Å². The summed E-state index contributed by atoms with van der Waals surface area (Å²) in [6, 6.07) is 0. The van der Waals surface area contributed by atoms with Gasteiger partial charge in [0.15, 0.2) is 0 Å². The minimum absolute atomic E-state index is 0.675. The van der Waals surface area contributed by atoms with Gasteiger partial charge in [0.25, 0.3) is 0 Å². The van der Waals surface area contributed by atoms with Gasteiger partial charge in [0.2, 0.25) is 0 Å². The van der Waals surface area contributed by atoms with E-state index in [1.807, 2.05) is 0 Å². The van der Waals surface area contributed by atoms with Crippen molar-refractivity contribution in [3.63, 3.8) is 0 Å². The molecule has 66 valence electrons. The Morgan fingerprint density at radius 3 is 2.18 bits per heavy atom. The molecule has 0 saturated heterocycles. The monoisotopic (exact) mass is 218 g/mol. The third-order valence-corrected chi connectivity index (χ3v) is 3.98. The second-order valence-corrected chi connectivity index (χ2v) is 5.00. The number of halogens is 1. The predicted octanol–water partition coefficient (Wildman–Crippen LogP) is 3.99. The number of alkyl halides is 1. The molecule has 1 fully saturated rings. The Bertz CT molecular complexity index is 112. The zero-order chi connectivity index (χ0) is 8.32. The maximum absolute atomic E-state index is 3.66. The average molecular weight is 219 g/mol. The zero-order valence-corrected chi connectivity index (χ0v) is 9.28. The van der Waals surface area contributed by atoms with E-state index in [4.69, 9.17) is 0 Å². The Morgan fingerprint density at radius 1 is 1.27 bits per heavy atom. The van der Waals surface area contributed by atoms with Crippen molar-refractivity contribution in [2.24, 2.45) is 11.3 Å². The van der Waals surface area contributed by atoms with Crippen LogP contribution in [0.1, 0.15) is 46.0 Å². The van der Waals surface area contributed by atoms with E-state index in [1.54, 1.807) is 0 Å². The lowest BCUT2D eigenvalue weighted by molar-refractivity contribution is 0.275. The molecule has 1 heteroatoms. The molecule has 0 atom stereocenters. The largest absolute Gasteiger partial charge is 0.0922 e. The Labute approximate surface area is 78.9 Å². The Balaban J connectivity index is 2.45. The van der Waals surface area contributed by atoms with Gasteiger partial charge in [-0.05, 0) is 30.6 Å². The minimum Gasteiger partial charge on any atom is -0.0922 e. The number of hydrogen-bond acceptors (Lipinski definition) is 0. The lowest BCUT2D eigenvalue weighted by atomic mass is 9.81. The van der Waals surface area contributed by atoms with Crippen LogP contribution in [-0.2, 0) is 0 Å². The molecule has 0 N–H and O–H groups in total. The van der Waals surface area contributed by atoms with E-state index in [1.165, 1.54) is 37.4 Å². The summed E-state index contributed by atoms with van der Waals surface area (Å²) in [5.41, 5.74) is 0.675. The molecule has 0 aromatic rings. The van der Waals surface area contributed by atoms with E-state index in [-0.39, 0.29) is 0 Å². The fraction of sp³-hybridized carbons (Fsp3) is 1.00. The SMILES string of the molecule is CC(C)CC1(CBr)CCCC1. The first-order chi connectivity index (χ1) is 5.18. The van der Waals surface area contributed by atoms with Gasteiger partial charge in [-0.3, -0.25) is 0 Å². The van der Waals surface area contributed by atoms with Gasteiger partial charge in [0, 0.05) is 5.33 Å². The smallest absolute Gasteiger partial charge is 0.00880 e. The molecule has 1 rings (SSSR count). The van der Waals surface area contributed by atoms with E-state index in [0.717, 1.165) is 5.92 Å². The van der Waals surface area contributed by atoms with Crippen LogP contribution in [-0.4, -0.2) is 5.33 Å². The lowest BCUT2D eigenvalue weighted by Gasteiger charge is -2.28. The van der Waals surface area contributed by atoms with E-state index >= 15 is 0 Å². The average Bonchev–Trinajstić information content (AvgIpc) is 2.36. The Morgan fingerprint density at radius 2 is 1.82 bits per heavy atom. The molecular formula is C10H19Br. The highest BCUT2D eigenvalue weighted by Crippen LogP contribution is 2.44. The molecule has 0 aromatic carbocycles. The summed E-state index contributed by atoms with van der Waals surface area (Å²) in [4.78, 5) is 0. The second-order valence-electron chi connectivity index (χ2n) is 4.44. The quantitative estimate of drug-likeness (QED) is 0.629. The van der Waals surface area contributed by atoms with Crippen molar-refractivity contribution in [3.05, 3.63) is 0 Å². The van der Waals surface area contributed by atoms with Crippen LogP contribution >= 0.6 is 15.9 Å². The van der Waals surface area contributed by atoms with Gasteiger partial charge in [0.1, 0.15) is 0 Å². The van der Waals surface area contributed by atoms with Gasteiger partial charge >= 0.3 is 0 Å². The van der Waals surface area contributed by atoms with Gasteiger partial charge in [-0.15, -0.1) is 0 Å². The molecule has 0 bridgehead atoms. The molecule has 0 spiro atoms. The molecule has 11 heavy (non-hydrogen) atoms. The van der Waals surface area contributed by atoms with Crippen LogP contribution in [0, 0.1) is 11.3 Å².